The Labute approximate surface area is 97.8 Å². The molecule has 0 saturated carbocycles. The lowest BCUT2D eigenvalue weighted by Gasteiger charge is -2.29. The van der Waals surface area contributed by atoms with Crippen molar-refractivity contribution in [1.82, 2.24) is 0 Å². The van der Waals surface area contributed by atoms with E-state index in [9.17, 15) is 9.59 Å². The summed E-state index contributed by atoms with van der Waals surface area (Å²) in [6.45, 7) is 4.10. The molecule has 0 radical (unpaired) electrons. The Morgan fingerprint density at radius 3 is 1.69 bits per heavy atom. The van der Waals surface area contributed by atoms with E-state index in [1.165, 1.54) is 0 Å². The van der Waals surface area contributed by atoms with Crippen molar-refractivity contribution in [2.75, 3.05) is 0 Å². The maximum atomic E-state index is 11.6. The van der Waals surface area contributed by atoms with Crippen LogP contribution in [-0.4, -0.2) is 11.8 Å². The summed E-state index contributed by atoms with van der Waals surface area (Å²) in [4.78, 5) is 22.6. The number of carbonyl (C=O) groups excluding carboxylic acids is 2. The molecule has 0 atom stereocenters. The first-order chi connectivity index (χ1) is 7.48. The highest BCUT2D eigenvalue weighted by atomic mass is 16.2. The predicted molar refractivity (Wildman–Crippen MR) is 64.5 cm³/mol. The fourth-order valence-electron chi connectivity index (χ4n) is 2.00. The van der Waals surface area contributed by atoms with Gasteiger partial charge in [-0.05, 0) is 12.8 Å². The second-order valence-electron chi connectivity index (χ2n) is 4.49. The van der Waals surface area contributed by atoms with E-state index in [1.54, 1.807) is 0 Å². The zero-order valence-corrected chi connectivity index (χ0v) is 10.4. The standard InChI is InChI=1S/C12H24N2O2/c1-3-5-7-12(11(14)16,8-6-4-2)9-10(13)15/h3-9H2,1-2H3,(H2,13,15)(H2,14,16). The third-order valence-corrected chi connectivity index (χ3v) is 3.05. The van der Waals surface area contributed by atoms with E-state index in [1.807, 2.05) is 0 Å². The number of carbonyl (C=O) groups is 2. The lowest BCUT2D eigenvalue weighted by Crippen LogP contribution is -2.40. The Kier molecular flexibility index (Phi) is 6.77. The monoisotopic (exact) mass is 228 g/mol. The Bertz CT molecular complexity index is 231. The maximum absolute atomic E-state index is 11.6. The van der Waals surface area contributed by atoms with E-state index in [0.717, 1.165) is 25.7 Å². The van der Waals surface area contributed by atoms with Crippen LogP contribution in [0.5, 0.6) is 0 Å². The fraction of sp³-hybridized carbons (Fsp3) is 0.833. The van der Waals surface area contributed by atoms with Gasteiger partial charge in [-0.3, -0.25) is 9.59 Å². The minimum absolute atomic E-state index is 0.0856. The number of nitrogens with two attached hydrogens (primary N) is 2. The van der Waals surface area contributed by atoms with Crippen LogP contribution >= 0.6 is 0 Å². The molecule has 0 aliphatic heterocycles. The Hall–Kier alpha value is -1.06. The first-order valence-corrected chi connectivity index (χ1v) is 6.06. The zero-order chi connectivity index (χ0) is 12.6. The summed E-state index contributed by atoms with van der Waals surface area (Å²) >= 11 is 0. The molecule has 4 N–H and O–H groups in total. The van der Waals surface area contributed by atoms with Gasteiger partial charge in [0.05, 0.1) is 5.41 Å². The summed E-state index contributed by atoms with van der Waals surface area (Å²) in [6.07, 6.45) is 5.20. The van der Waals surface area contributed by atoms with Gasteiger partial charge in [0, 0.05) is 6.42 Å². The van der Waals surface area contributed by atoms with Crippen LogP contribution in [0, 0.1) is 5.41 Å². The SMILES string of the molecule is CCCCC(CCCC)(CC(N)=O)C(N)=O. The highest BCUT2D eigenvalue weighted by Crippen LogP contribution is 2.34. The molecule has 0 heterocycles. The minimum Gasteiger partial charge on any atom is -0.370 e. The van der Waals surface area contributed by atoms with Crippen LogP contribution in [0.3, 0.4) is 0 Å². The fourth-order valence-corrected chi connectivity index (χ4v) is 2.00. The second-order valence-corrected chi connectivity index (χ2v) is 4.49. The topological polar surface area (TPSA) is 86.2 Å². The van der Waals surface area contributed by atoms with Crippen molar-refractivity contribution < 1.29 is 9.59 Å². The zero-order valence-electron chi connectivity index (χ0n) is 10.4. The third kappa shape index (κ3) is 4.64. The van der Waals surface area contributed by atoms with Crippen LogP contribution in [-0.2, 0) is 9.59 Å². The molecule has 4 heteroatoms. The van der Waals surface area contributed by atoms with E-state index < -0.39 is 11.3 Å². The molecule has 0 bridgehead atoms. The van der Waals surface area contributed by atoms with Gasteiger partial charge in [-0.2, -0.15) is 0 Å². The summed E-state index contributed by atoms with van der Waals surface area (Å²) in [5, 5.41) is 0. The van der Waals surface area contributed by atoms with Crippen molar-refractivity contribution in [2.45, 2.75) is 58.8 Å². The quantitative estimate of drug-likeness (QED) is 0.629. The molecule has 4 nitrogen and oxygen atoms in total. The molecular formula is C12H24N2O2. The smallest absolute Gasteiger partial charge is 0.224 e. The molecule has 0 aromatic heterocycles. The Morgan fingerprint density at radius 1 is 1.00 bits per heavy atom. The van der Waals surface area contributed by atoms with Crippen molar-refractivity contribution in [1.29, 1.82) is 0 Å². The van der Waals surface area contributed by atoms with Gasteiger partial charge < -0.3 is 11.5 Å². The molecule has 0 aliphatic rings. The summed E-state index contributed by atoms with van der Waals surface area (Å²) in [7, 11) is 0. The molecule has 2 amide bonds. The molecule has 0 aromatic rings. The summed E-state index contributed by atoms with van der Waals surface area (Å²) in [6, 6.07) is 0. The van der Waals surface area contributed by atoms with Gasteiger partial charge >= 0.3 is 0 Å². The summed E-state index contributed by atoms with van der Waals surface area (Å²) < 4.78 is 0. The largest absolute Gasteiger partial charge is 0.370 e. The normalized spacial score (nSPS) is 11.4. The predicted octanol–water partition coefficient (Wildman–Crippen LogP) is 1.71. The van der Waals surface area contributed by atoms with E-state index in [2.05, 4.69) is 13.8 Å². The number of amides is 2. The molecule has 0 fully saturated rings. The maximum Gasteiger partial charge on any atom is 0.224 e. The van der Waals surface area contributed by atoms with E-state index in [4.69, 9.17) is 11.5 Å². The second kappa shape index (κ2) is 7.25. The average Bonchev–Trinajstić information content (AvgIpc) is 2.21. The van der Waals surface area contributed by atoms with Crippen molar-refractivity contribution in [3.8, 4) is 0 Å². The van der Waals surface area contributed by atoms with Crippen molar-refractivity contribution in [2.24, 2.45) is 16.9 Å². The summed E-state index contributed by atoms with van der Waals surface area (Å²) in [5.41, 5.74) is 9.96. The molecule has 0 unspecified atom stereocenters. The van der Waals surface area contributed by atoms with Gasteiger partial charge in [0.15, 0.2) is 0 Å². The molecular weight excluding hydrogens is 204 g/mol. The number of unbranched alkanes of at least 4 members (excludes halogenated alkanes) is 2. The molecule has 0 rings (SSSR count). The minimum atomic E-state index is -0.710. The molecule has 0 aromatic carbocycles. The molecule has 94 valence electrons. The number of primary amides is 2. The molecule has 0 aliphatic carbocycles. The highest BCUT2D eigenvalue weighted by molar-refractivity contribution is 5.87. The first-order valence-electron chi connectivity index (χ1n) is 6.06. The van der Waals surface area contributed by atoms with Crippen molar-refractivity contribution in [3.63, 3.8) is 0 Å². The Balaban J connectivity index is 4.73. The van der Waals surface area contributed by atoms with Crippen LogP contribution in [0.25, 0.3) is 0 Å². The number of hydrogen-bond acceptors (Lipinski definition) is 2. The van der Waals surface area contributed by atoms with Crippen LogP contribution in [0.2, 0.25) is 0 Å². The molecule has 0 saturated heterocycles. The lowest BCUT2D eigenvalue weighted by atomic mass is 9.74. The van der Waals surface area contributed by atoms with Gasteiger partial charge in [-0.25, -0.2) is 0 Å². The van der Waals surface area contributed by atoms with Crippen LogP contribution in [0.1, 0.15) is 58.8 Å². The van der Waals surface area contributed by atoms with Crippen LogP contribution in [0.15, 0.2) is 0 Å². The molecule has 0 spiro atoms. The van der Waals surface area contributed by atoms with Crippen molar-refractivity contribution >= 4 is 11.8 Å². The number of hydrogen-bond donors (Lipinski definition) is 2. The van der Waals surface area contributed by atoms with Crippen LogP contribution in [0.4, 0.5) is 0 Å². The van der Waals surface area contributed by atoms with Crippen molar-refractivity contribution in [3.05, 3.63) is 0 Å². The Morgan fingerprint density at radius 2 is 1.44 bits per heavy atom. The lowest BCUT2D eigenvalue weighted by molar-refractivity contribution is -0.134. The van der Waals surface area contributed by atoms with Gasteiger partial charge in [0.25, 0.3) is 0 Å². The number of rotatable bonds is 9. The summed E-state index contributed by atoms with van der Waals surface area (Å²) in [5.74, 6) is -0.820. The average molecular weight is 228 g/mol. The van der Waals surface area contributed by atoms with Crippen LogP contribution < -0.4 is 11.5 Å². The molecule has 16 heavy (non-hydrogen) atoms. The van der Waals surface area contributed by atoms with Gasteiger partial charge in [0.2, 0.25) is 11.8 Å². The van der Waals surface area contributed by atoms with Gasteiger partial charge in [-0.1, -0.05) is 39.5 Å². The van der Waals surface area contributed by atoms with E-state index >= 15 is 0 Å². The van der Waals surface area contributed by atoms with E-state index in [-0.39, 0.29) is 12.3 Å². The van der Waals surface area contributed by atoms with Gasteiger partial charge in [0.1, 0.15) is 0 Å². The van der Waals surface area contributed by atoms with Gasteiger partial charge in [-0.15, -0.1) is 0 Å². The third-order valence-electron chi connectivity index (χ3n) is 3.05. The van der Waals surface area contributed by atoms with E-state index in [0.29, 0.717) is 12.8 Å². The highest BCUT2D eigenvalue weighted by Gasteiger charge is 2.36. The first kappa shape index (κ1) is 14.9.